The summed E-state index contributed by atoms with van der Waals surface area (Å²) in [5.74, 6) is 0.581. The van der Waals surface area contributed by atoms with Gasteiger partial charge < -0.3 is 19.7 Å². The van der Waals surface area contributed by atoms with Gasteiger partial charge in [0, 0.05) is 20.2 Å². The quantitative estimate of drug-likeness (QED) is 0.755. The number of nitrogens with zero attached hydrogens (tertiary/aromatic N) is 1. The number of nitrogens with one attached hydrogen (secondary N) is 1. The topological polar surface area (TPSA) is 50.8 Å². The standard InChI is InChI=1S/C11H22N2O3/c1-15-8-7-13-5-3-10(4-6-13)9-12-11(14)16-2/h10H,3-9H2,1-2H3,(H,12,14). The molecule has 5 heteroatoms. The van der Waals surface area contributed by atoms with Crippen LogP contribution in [0.2, 0.25) is 0 Å². The van der Waals surface area contributed by atoms with E-state index in [0.29, 0.717) is 5.92 Å². The average Bonchev–Trinajstić information content (AvgIpc) is 2.34. The number of rotatable bonds is 5. The molecule has 5 nitrogen and oxygen atoms in total. The molecule has 0 saturated carbocycles. The van der Waals surface area contributed by atoms with E-state index in [1.54, 1.807) is 7.11 Å². The van der Waals surface area contributed by atoms with E-state index in [0.717, 1.165) is 45.6 Å². The van der Waals surface area contributed by atoms with Crippen molar-refractivity contribution in [2.24, 2.45) is 5.92 Å². The van der Waals surface area contributed by atoms with Gasteiger partial charge in [0.15, 0.2) is 0 Å². The fourth-order valence-corrected chi connectivity index (χ4v) is 1.93. The van der Waals surface area contributed by atoms with Crippen molar-refractivity contribution in [3.63, 3.8) is 0 Å². The number of alkyl carbamates (subject to hydrolysis) is 1. The van der Waals surface area contributed by atoms with E-state index in [4.69, 9.17) is 4.74 Å². The second-order valence-corrected chi connectivity index (χ2v) is 4.15. The highest BCUT2D eigenvalue weighted by Crippen LogP contribution is 2.15. The summed E-state index contributed by atoms with van der Waals surface area (Å²) < 4.78 is 9.59. The molecule has 0 atom stereocenters. The summed E-state index contributed by atoms with van der Waals surface area (Å²) in [7, 11) is 3.12. The maximum Gasteiger partial charge on any atom is 0.406 e. The molecule has 1 aliphatic rings. The Kier molecular flexibility index (Phi) is 6.18. The molecular formula is C11H22N2O3. The smallest absolute Gasteiger partial charge is 0.406 e. The van der Waals surface area contributed by atoms with E-state index >= 15 is 0 Å². The van der Waals surface area contributed by atoms with E-state index < -0.39 is 0 Å². The highest BCUT2D eigenvalue weighted by Gasteiger charge is 2.19. The summed E-state index contributed by atoms with van der Waals surface area (Å²) in [4.78, 5) is 13.3. The third kappa shape index (κ3) is 4.81. The Balaban J connectivity index is 2.09. The minimum atomic E-state index is -0.332. The van der Waals surface area contributed by atoms with Crippen LogP contribution in [-0.4, -0.2) is 58.0 Å². The lowest BCUT2D eigenvalue weighted by molar-refractivity contribution is 0.118. The van der Waals surface area contributed by atoms with E-state index in [1.807, 2.05) is 0 Å². The molecule has 0 aromatic heterocycles. The highest BCUT2D eigenvalue weighted by atomic mass is 16.5. The molecule has 1 amide bonds. The van der Waals surface area contributed by atoms with Gasteiger partial charge in [-0.2, -0.15) is 0 Å². The number of carbonyl (C=O) groups is 1. The van der Waals surface area contributed by atoms with Crippen LogP contribution in [0.5, 0.6) is 0 Å². The van der Waals surface area contributed by atoms with Gasteiger partial charge in [-0.3, -0.25) is 0 Å². The van der Waals surface area contributed by atoms with Crippen molar-refractivity contribution in [2.45, 2.75) is 12.8 Å². The minimum Gasteiger partial charge on any atom is -0.453 e. The first kappa shape index (κ1) is 13.3. The van der Waals surface area contributed by atoms with Gasteiger partial charge in [-0.15, -0.1) is 0 Å². The molecule has 0 radical (unpaired) electrons. The predicted octanol–water partition coefficient (Wildman–Crippen LogP) is 0.701. The van der Waals surface area contributed by atoms with Crippen molar-refractivity contribution < 1.29 is 14.3 Å². The van der Waals surface area contributed by atoms with Crippen LogP contribution in [0.15, 0.2) is 0 Å². The van der Waals surface area contributed by atoms with Crippen LogP contribution in [0.4, 0.5) is 4.79 Å². The minimum absolute atomic E-state index is 0.332. The maximum absolute atomic E-state index is 10.9. The molecule has 1 heterocycles. The van der Waals surface area contributed by atoms with Crippen molar-refractivity contribution in [1.29, 1.82) is 0 Å². The molecule has 16 heavy (non-hydrogen) atoms. The van der Waals surface area contributed by atoms with Gasteiger partial charge in [0.2, 0.25) is 0 Å². The number of ether oxygens (including phenoxy) is 2. The molecule has 94 valence electrons. The van der Waals surface area contributed by atoms with Crippen LogP contribution in [0.1, 0.15) is 12.8 Å². The van der Waals surface area contributed by atoms with Gasteiger partial charge in [-0.1, -0.05) is 0 Å². The second kappa shape index (κ2) is 7.46. The number of likely N-dealkylation sites (tertiary alicyclic amines) is 1. The van der Waals surface area contributed by atoms with Gasteiger partial charge >= 0.3 is 6.09 Å². The molecule has 1 N–H and O–H groups in total. The summed E-state index contributed by atoms with van der Waals surface area (Å²) in [5, 5.41) is 2.76. The Hall–Kier alpha value is -0.810. The van der Waals surface area contributed by atoms with E-state index in [1.165, 1.54) is 7.11 Å². The normalized spacial score (nSPS) is 18.4. The predicted molar refractivity (Wildman–Crippen MR) is 61.4 cm³/mol. The van der Waals surface area contributed by atoms with E-state index in [9.17, 15) is 4.79 Å². The maximum atomic E-state index is 10.9. The Morgan fingerprint density at radius 1 is 1.38 bits per heavy atom. The monoisotopic (exact) mass is 230 g/mol. The first-order valence-electron chi connectivity index (χ1n) is 5.79. The fourth-order valence-electron chi connectivity index (χ4n) is 1.93. The first-order valence-corrected chi connectivity index (χ1v) is 5.79. The third-order valence-corrected chi connectivity index (χ3v) is 3.04. The molecule has 1 rings (SSSR count). The Morgan fingerprint density at radius 3 is 2.62 bits per heavy atom. The highest BCUT2D eigenvalue weighted by molar-refractivity contribution is 5.66. The summed E-state index contributed by atoms with van der Waals surface area (Å²) in [6, 6.07) is 0. The lowest BCUT2D eigenvalue weighted by Gasteiger charge is -2.31. The van der Waals surface area contributed by atoms with Gasteiger partial charge in [-0.25, -0.2) is 4.79 Å². The second-order valence-electron chi connectivity index (χ2n) is 4.15. The SMILES string of the molecule is COCCN1CCC(CNC(=O)OC)CC1. The Morgan fingerprint density at radius 2 is 2.06 bits per heavy atom. The first-order chi connectivity index (χ1) is 7.76. The number of hydrogen-bond donors (Lipinski definition) is 1. The zero-order chi connectivity index (χ0) is 11.8. The van der Waals surface area contributed by atoms with Crippen LogP contribution in [0.25, 0.3) is 0 Å². The molecule has 0 unspecified atom stereocenters. The number of amides is 1. The molecule has 0 aliphatic carbocycles. The van der Waals surface area contributed by atoms with Crippen molar-refractivity contribution in [2.75, 3.05) is 47.0 Å². The Bertz CT molecular complexity index is 203. The van der Waals surface area contributed by atoms with E-state index in [2.05, 4.69) is 15.0 Å². The molecule has 0 bridgehead atoms. The van der Waals surface area contributed by atoms with E-state index in [-0.39, 0.29) is 6.09 Å². The van der Waals surface area contributed by atoms with Crippen LogP contribution in [0, 0.1) is 5.92 Å². The molecule has 0 aromatic rings. The van der Waals surface area contributed by atoms with Gasteiger partial charge in [0.05, 0.1) is 13.7 Å². The average molecular weight is 230 g/mol. The van der Waals surface area contributed by atoms with Crippen molar-refractivity contribution in [3.05, 3.63) is 0 Å². The number of carbonyl (C=O) groups excluding carboxylic acids is 1. The number of methoxy groups -OCH3 is 2. The number of hydrogen-bond acceptors (Lipinski definition) is 4. The van der Waals surface area contributed by atoms with Crippen molar-refractivity contribution in [3.8, 4) is 0 Å². The zero-order valence-corrected chi connectivity index (χ0v) is 10.2. The van der Waals surface area contributed by atoms with Crippen LogP contribution in [0.3, 0.4) is 0 Å². The van der Waals surface area contributed by atoms with Gasteiger partial charge in [0.1, 0.15) is 0 Å². The molecule has 1 fully saturated rings. The molecular weight excluding hydrogens is 208 g/mol. The van der Waals surface area contributed by atoms with Crippen LogP contribution in [-0.2, 0) is 9.47 Å². The van der Waals surface area contributed by atoms with Gasteiger partial charge in [0.25, 0.3) is 0 Å². The summed E-state index contributed by atoms with van der Waals surface area (Å²) in [6.45, 7) is 4.72. The zero-order valence-electron chi connectivity index (χ0n) is 10.2. The molecule has 1 aliphatic heterocycles. The third-order valence-electron chi connectivity index (χ3n) is 3.04. The number of piperidine rings is 1. The lowest BCUT2D eigenvalue weighted by Crippen LogP contribution is -2.39. The van der Waals surface area contributed by atoms with Crippen LogP contribution < -0.4 is 5.32 Å². The van der Waals surface area contributed by atoms with Gasteiger partial charge in [-0.05, 0) is 31.8 Å². The molecule has 1 saturated heterocycles. The molecule has 0 spiro atoms. The lowest BCUT2D eigenvalue weighted by atomic mass is 9.97. The summed E-state index contributed by atoms with van der Waals surface area (Å²) in [5.41, 5.74) is 0. The Labute approximate surface area is 97.1 Å². The molecule has 0 aromatic carbocycles. The van der Waals surface area contributed by atoms with Crippen molar-refractivity contribution >= 4 is 6.09 Å². The van der Waals surface area contributed by atoms with Crippen molar-refractivity contribution in [1.82, 2.24) is 10.2 Å². The largest absolute Gasteiger partial charge is 0.453 e. The fraction of sp³-hybridized carbons (Fsp3) is 0.909. The summed E-state index contributed by atoms with van der Waals surface area (Å²) in [6.07, 6.45) is 1.93. The van der Waals surface area contributed by atoms with Crippen LogP contribution >= 0.6 is 0 Å². The summed E-state index contributed by atoms with van der Waals surface area (Å²) >= 11 is 0.